The highest BCUT2D eigenvalue weighted by molar-refractivity contribution is 7.22. The number of hydrogen-bond acceptors (Lipinski definition) is 9. The lowest BCUT2D eigenvalue weighted by Gasteiger charge is -2.33. The summed E-state index contributed by atoms with van der Waals surface area (Å²) in [5.74, 6) is 0. The Morgan fingerprint density at radius 1 is 0.347 bits per heavy atom. The number of nitrogens with zero attached hydrogens (tertiary/aromatic N) is 2. The molecule has 11 rings (SSSR count). The topological polar surface area (TPSA) is 46.0 Å². The molecule has 0 spiro atoms. The van der Waals surface area contributed by atoms with Crippen molar-refractivity contribution in [3.63, 3.8) is 0 Å². The van der Waals surface area contributed by atoms with Crippen LogP contribution in [0.4, 0.5) is 0 Å². The van der Waals surface area contributed by atoms with Gasteiger partial charge in [0, 0.05) is 79.9 Å². The average molecular weight is 1420 g/mol. The van der Waals surface area contributed by atoms with E-state index in [0.717, 1.165) is 49.6 Å². The molecule has 1 aliphatic carbocycles. The predicted molar refractivity (Wildman–Crippen MR) is 437 cm³/mol. The van der Waals surface area contributed by atoms with Crippen molar-refractivity contribution in [2.75, 3.05) is 6.61 Å². The quantitative estimate of drug-likeness (QED) is 0.0387. The second-order valence-electron chi connectivity index (χ2n) is 28.8. The molecule has 3 nitrogen and oxygen atoms in total. The fourth-order valence-corrected chi connectivity index (χ4v) is 21.9. The third-order valence-corrected chi connectivity index (χ3v) is 27.6. The summed E-state index contributed by atoms with van der Waals surface area (Å²) in [7, 11) is 0. The number of benzene rings is 4. The van der Waals surface area contributed by atoms with Crippen molar-refractivity contribution in [2.45, 2.75) is 284 Å². The summed E-state index contributed by atoms with van der Waals surface area (Å²) in [5.41, 5.74) is 19.1. The van der Waals surface area contributed by atoms with Gasteiger partial charge >= 0.3 is 0 Å². The van der Waals surface area contributed by atoms with Crippen LogP contribution < -0.4 is 0 Å². The summed E-state index contributed by atoms with van der Waals surface area (Å²) in [6.45, 7) is 9.61. The maximum Gasteiger partial charge on any atom is 0.114 e. The number of unbranched alkanes of at least 4 members (excludes halogenated alkanes) is 27. The molecule has 10 aromatic rings. The van der Waals surface area contributed by atoms with Crippen LogP contribution in [0.25, 0.3) is 74.4 Å². The Hall–Kier alpha value is -4.84. The molecule has 0 saturated heterocycles. The monoisotopic (exact) mass is 1420 g/mol. The average Bonchev–Trinajstić information content (AvgIpc) is 1.56. The van der Waals surface area contributed by atoms with E-state index in [4.69, 9.17) is 8.75 Å². The summed E-state index contributed by atoms with van der Waals surface area (Å²) >= 11 is 11.3. The number of aliphatic hydroxyl groups is 1. The number of aryl methyl sites for hydroxylation is 3. The fourth-order valence-electron chi connectivity index (χ4n) is 15.6. The van der Waals surface area contributed by atoms with Crippen LogP contribution in [0, 0.1) is 0 Å². The lowest BCUT2D eigenvalue weighted by Crippen LogP contribution is -2.25. The molecule has 4 aromatic carbocycles. The van der Waals surface area contributed by atoms with E-state index in [1.54, 1.807) is 32.0 Å². The SMILES string of the molecule is CCCCCCCCCCc1cc(-c2cc(CCCCCC)c(Cc3cc(CCCCCCO)cs3)s2)sc1Cc1ccc(-c2ccc(-c3ccc(-c4ccc5c(c4)C(CCCCCCCCCC)(CCCCCCCCCC)c4cc(-c6ccccc6)ccc4-5)s3)c3nsnc23)s1. The first-order chi connectivity index (χ1) is 48.4. The molecule has 522 valence electrons. The zero-order valence-corrected chi connectivity index (χ0v) is 65.1. The van der Waals surface area contributed by atoms with Gasteiger partial charge in [-0.05, 0) is 173 Å². The largest absolute Gasteiger partial charge is 0.396 e. The fraction of sp³-hybridized carbons (Fsp3) is 0.506. The summed E-state index contributed by atoms with van der Waals surface area (Å²) in [6.07, 6.45) is 49.7. The van der Waals surface area contributed by atoms with Crippen molar-refractivity contribution in [1.82, 2.24) is 8.75 Å². The van der Waals surface area contributed by atoms with Gasteiger partial charge in [-0.2, -0.15) is 8.75 Å². The Morgan fingerprint density at radius 3 is 1.36 bits per heavy atom. The third-order valence-electron chi connectivity index (χ3n) is 21.3. The molecule has 0 unspecified atom stereocenters. The lowest BCUT2D eigenvalue weighted by atomic mass is 9.70. The summed E-state index contributed by atoms with van der Waals surface area (Å²) in [6, 6.07) is 48.1. The van der Waals surface area contributed by atoms with E-state index < -0.39 is 0 Å². The maximum atomic E-state index is 9.28. The number of aliphatic hydroxyl groups excluding tert-OH is 1. The first kappa shape index (κ1) is 74.4. The van der Waals surface area contributed by atoms with E-state index in [0.29, 0.717) is 6.61 Å². The molecular weight excluding hydrogens is 1310 g/mol. The molecule has 0 atom stereocenters. The minimum atomic E-state index is -0.0157. The summed E-state index contributed by atoms with van der Waals surface area (Å²) < 4.78 is 10.2. The molecule has 9 heteroatoms. The first-order valence-corrected chi connectivity index (χ1v) is 44.0. The van der Waals surface area contributed by atoms with Gasteiger partial charge in [0.2, 0.25) is 0 Å². The molecule has 0 amide bonds. The zero-order valence-electron chi connectivity index (χ0n) is 60.2. The van der Waals surface area contributed by atoms with Crippen LogP contribution in [-0.2, 0) is 37.5 Å². The van der Waals surface area contributed by atoms with Crippen molar-refractivity contribution < 1.29 is 5.11 Å². The molecule has 0 bridgehead atoms. The van der Waals surface area contributed by atoms with Crippen molar-refractivity contribution in [2.24, 2.45) is 0 Å². The first-order valence-electron chi connectivity index (χ1n) is 39.1. The van der Waals surface area contributed by atoms with E-state index in [2.05, 4.69) is 177 Å². The molecule has 0 fully saturated rings. The van der Waals surface area contributed by atoms with Gasteiger partial charge in [0.1, 0.15) is 11.0 Å². The highest BCUT2D eigenvalue weighted by Crippen LogP contribution is 2.56. The van der Waals surface area contributed by atoms with E-state index in [9.17, 15) is 5.11 Å². The van der Waals surface area contributed by atoms with Gasteiger partial charge in [-0.3, -0.25) is 0 Å². The van der Waals surface area contributed by atoms with Gasteiger partial charge in [-0.1, -0.05) is 274 Å². The second kappa shape index (κ2) is 39.5. The molecule has 1 N–H and O–H groups in total. The lowest BCUT2D eigenvalue weighted by molar-refractivity contribution is 0.282. The number of fused-ring (bicyclic) bond motifs is 4. The van der Waals surface area contributed by atoms with Crippen LogP contribution in [-0.4, -0.2) is 20.5 Å². The standard InChI is InChI=1S/C89H114N2OS6/c1-5-9-13-17-20-23-26-34-44-69-61-85(86-62-70(43-33-16-12-8-4)84(97-86)64-73-58-66(65-93-73)40-32-27-30-39-57-92)96-83(69)63-72-47-52-81(94-72)76-50-51-77(88-87(76)90-98-91-88)82-54-53-80(95-82)71-46-49-75-74-48-45-68(67-41-35-31-36-42-67)59-78(74)89(79(75)60-71,55-37-28-24-21-18-14-10-6-2)56-38-29-25-22-19-15-11-7-3/h31,35-36,41-42,45-54,58-62,65,92H,5-30,32-34,37-40,43-44,55-57,63-64H2,1-4H3. The van der Waals surface area contributed by atoms with Crippen molar-refractivity contribution in [3.05, 3.63) is 174 Å². The molecule has 6 aromatic heterocycles. The molecule has 6 heterocycles. The van der Waals surface area contributed by atoms with Crippen molar-refractivity contribution in [3.8, 4) is 63.3 Å². The van der Waals surface area contributed by atoms with Gasteiger partial charge in [0.25, 0.3) is 0 Å². The maximum absolute atomic E-state index is 9.28. The van der Waals surface area contributed by atoms with E-state index in [1.807, 2.05) is 34.0 Å². The molecule has 0 saturated carbocycles. The van der Waals surface area contributed by atoms with Gasteiger partial charge in [-0.15, -0.1) is 56.7 Å². The smallest absolute Gasteiger partial charge is 0.114 e. The molecule has 98 heavy (non-hydrogen) atoms. The Labute approximate surface area is 615 Å². The van der Waals surface area contributed by atoms with Gasteiger partial charge in [0.05, 0.1) is 11.7 Å². The van der Waals surface area contributed by atoms with E-state index >= 15 is 0 Å². The molecule has 0 radical (unpaired) electrons. The highest BCUT2D eigenvalue weighted by Gasteiger charge is 2.43. The zero-order chi connectivity index (χ0) is 67.6. The van der Waals surface area contributed by atoms with Crippen LogP contribution in [0.15, 0.2) is 127 Å². The van der Waals surface area contributed by atoms with E-state index in [1.165, 1.54) is 302 Å². The van der Waals surface area contributed by atoms with Gasteiger partial charge < -0.3 is 5.11 Å². The Balaban J connectivity index is 0.840. The number of hydrogen-bond donors (Lipinski definition) is 1. The van der Waals surface area contributed by atoms with Gasteiger partial charge in [-0.25, -0.2) is 0 Å². The van der Waals surface area contributed by atoms with E-state index in [-0.39, 0.29) is 5.41 Å². The van der Waals surface area contributed by atoms with Crippen LogP contribution in [0.1, 0.15) is 293 Å². The molecule has 0 aliphatic heterocycles. The summed E-state index contributed by atoms with van der Waals surface area (Å²) in [4.78, 5) is 12.8. The van der Waals surface area contributed by atoms with Crippen LogP contribution in [0.3, 0.4) is 0 Å². The molecule has 1 aliphatic rings. The Bertz CT molecular complexity index is 3940. The van der Waals surface area contributed by atoms with Crippen molar-refractivity contribution >= 4 is 79.4 Å². The second-order valence-corrected chi connectivity index (χ2v) is 34.8. The van der Waals surface area contributed by atoms with Crippen LogP contribution >= 0.6 is 68.4 Å². The Kier molecular flexibility index (Phi) is 30.0. The van der Waals surface area contributed by atoms with Crippen LogP contribution in [0.5, 0.6) is 0 Å². The number of aromatic nitrogens is 2. The minimum absolute atomic E-state index is 0.0157. The summed E-state index contributed by atoms with van der Waals surface area (Å²) in [5, 5.41) is 11.7. The highest BCUT2D eigenvalue weighted by atomic mass is 32.1. The molecular formula is C89H114N2OS6. The predicted octanol–water partition coefficient (Wildman–Crippen LogP) is 29.7. The third kappa shape index (κ3) is 20.1. The normalized spacial score (nSPS) is 12.6. The van der Waals surface area contributed by atoms with Crippen LogP contribution in [0.2, 0.25) is 0 Å². The number of rotatable bonds is 47. The van der Waals surface area contributed by atoms with Gasteiger partial charge in [0.15, 0.2) is 0 Å². The number of thiophene rings is 5. The minimum Gasteiger partial charge on any atom is -0.396 e. The van der Waals surface area contributed by atoms with Crippen molar-refractivity contribution in [1.29, 1.82) is 0 Å². The Morgan fingerprint density at radius 2 is 0.796 bits per heavy atom.